The van der Waals surface area contributed by atoms with E-state index in [1.165, 1.54) is 37.2 Å². The Morgan fingerprint density at radius 3 is 2.64 bits per heavy atom. The fraction of sp³-hybridized carbons (Fsp3) is 0.667. The maximum atomic E-state index is 5.44. The summed E-state index contributed by atoms with van der Waals surface area (Å²) in [5, 5.41) is 9.06. The zero-order chi connectivity index (χ0) is 19.2. The van der Waals surface area contributed by atoms with E-state index in [1.54, 1.807) is 0 Å². The summed E-state index contributed by atoms with van der Waals surface area (Å²) in [6.07, 6.45) is 8.49. The van der Waals surface area contributed by atoms with Crippen molar-refractivity contribution in [2.24, 2.45) is 7.05 Å². The highest BCUT2D eigenvalue weighted by molar-refractivity contribution is 5.08. The number of pyridine rings is 1. The van der Waals surface area contributed by atoms with Crippen molar-refractivity contribution in [1.82, 2.24) is 29.5 Å². The van der Waals surface area contributed by atoms with Crippen molar-refractivity contribution in [3.63, 3.8) is 0 Å². The van der Waals surface area contributed by atoms with Gasteiger partial charge in [0.2, 0.25) is 0 Å². The highest BCUT2D eigenvalue weighted by Crippen LogP contribution is 2.27. The summed E-state index contributed by atoms with van der Waals surface area (Å²) in [7, 11) is 2.13. The first-order valence-electron chi connectivity index (χ1n) is 10.6. The molecule has 0 amide bonds. The number of rotatable bonds is 7. The van der Waals surface area contributed by atoms with Crippen LogP contribution in [0.2, 0.25) is 0 Å². The molecule has 0 N–H and O–H groups in total. The summed E-state index contributed by atoms with van der Waals surface area (Å²) in [5.74, 6) is 2.78. The van der Waals surface area contributed by atoms with Crippen LogP contribution in [0.15, 0.2) is 24.5 Å². The fourth-order valence-electron chi connectivity index (χ4n) is 4.30. The van der Waals surface area contributed by atoms with Crippen molar-refractivity contribution in [2.45, 2.75) is 38.1 Å². The number of nitrogens with zero attached hydrogens (tertiary/aromatic N) is 6. The minimum Gasteiger partial charge on any atom is -0.379 e. The van der Waals surface area contributed by atoms with Crippen LogP contribution in [-0.2, 0) is 24.8 Å². The maximum Gasteiger partial charge on any atom is 0.146 e. The Bertz CT molecular complexity index is 720. The molecule has 2 aromatic heterocycles. The van der Waals surface area contributed by atoms with E-state index >= 15 is 0 Å². The third-order valence-corrected chi connectivity index (χ3v) is 6.08. The predicted octanol–water partition coefficient (Wildman–Crippen LogP) is 1.85. The molecule has 0 unspecified atom stereocenters. The first kappa shape index (κ1) is 19.5. The summed E-state index contributed by atoms with van der Waals surface area (Å²) >= 11 is 0. The van der Waals surface area contributed by atoms with Crippen LogP contribution < -0.4 is 0 Å². The molecule has 0 bridgehead atoms. The quantitative estimate of drug-likeness (QED) is 0.726. The van der Waals surface area contributed by atoms with Crippen LogP contribution in [-0.4, -0.2) is 75.5 Å². The lowest BCUT2D eigenvalue weighted by molar-refractivity contribution is 0.0326. The Morgan fingerprint density at radius 1 is 1.07 bits per heavy atom. The molecule has 2 aliphatic rings. The molecular formula is C21H32N6O. The van der Waals surface area contributed by atoms with Gasteiger partial charge >= 0.3 is 0 Å². The number of aromatic nitrogens is 4. The molecule has 7 heteroatoms. The Hall–Kier alpha value is -1.83. The number of hydrogen-bond acceptors (Lipinski definition) is 6. The number of hydrogen-bond donors (Lipinski definition) is 0. The Labute approximate surface area is 167 Å². The molecule has 0 saturated carbocycles. The van der Waals surface area contributed by atoms with E-state index < -0.39 is 0 Å². The van der Waals surface area contributed by atoms with E-state index in [-0.39, 0.29) is 0 Å². The van der Waals surface area contributed by atoms with Crippen molar-refractivity contribution < 1.29 is 4.74 Å². The number of morpholine rings is 1. The van der Waals surface area contributed by atoms with Gasteiger partial charge in [-0.25, -0.2) is 0 Å². The van der Waals surface area contributed by atoms with Gasteiger partial charge in [-0.05, 0) is 56.9 Å². The molecule has 2 aromatic rings. The second-order valence-electron chi connectivity index (χ2n) is 8.00. The van der Waals surface area contributed by atoms with Crippen LogP contribution in [0.3, 0.4) is 0 Å². The topological polar surface area (TPSA) is 59.3 Å². The summed E-state index contributed by atoms with van der Waals surface area (Å²) in [5.41, 5.74) is 1.34. The van der Waals surface area contributed by atoms with Gasteiger partial charge in [-0.3, -0.25) is 9.88 Å². The molecule has 0 radical (unpaired) electrons. The minimum absolute atomic E-state index is 0.533. The lowest BCUT2D eigenvalue weighted by atomic mass is 9.95. The Morgan fingerprint density at radius 2 is 1.89 bits per heavy atom. The van der Waals surface area contributed by atoms with E-state index in [9.17, 15) is 0 Å². The van der Waals surface area contributed by atoms with Crippen LogP contribution >= 0.6 is 0 Å². The van der Waals surface area contributed by atoms with Crippen LogP contribution in [0, 0.1) is 0 Å². The van der Waals surface area contributed by atoms with Crippen LogP contribution in [0.1, 0.15) is 42.4 Å². The summed E-state index contributed by atoms with van der Waals surface area (Å²) in [6.45, 7) is 7.97. The molecule has 0 aromatic carbocycles. The minimum atomic E-state index is 0.533. The van der Waals surface area contributed by atoms with Crippen LogP contribution in [0.5, 0.6) is 0 Å². The second-order valence-corrected chi connectivity index (χ2v) is 8.00. The molecule has 2 fully saturated rings. The molecule has 0 spiro atoms. The summed E-state index contributed by atoms with van der Waals surface area (Å²) < 4.78 is 7.67. The zero-order valence-electron chi connectivity index (χ0n) is 17.0. The predicted molar refractivity (Wildman–Crippen MR) is 108 cm³/mol. The lowest BCUT2D eigenvalue weighted by Crippen LogP contribution is -2.36. The van der Waals surface area contributed by atoms with Gasteiger partial charge in [0.15, 0.2) is 0 Å². The molecule has 28 heavy (non-hydrogen) atoms. The largest absolute Gasteiger partial charge is 0.379 e. The number of piperidine rings is 1. The molecule has 152 valence electrons. The van der Waals surface area contributed by atoms with E-state index in [1.807, 2.05) is 18.5 Å². The van der Waals surface area contributed by atoms with Gasteiger partial charge in [0, 0.05) is 38.4 Å². The average molecular weight is 385 g/mol. The standard InChI is InChI=1S/C21H32N6O/c1-25-20(17-27-12-14-28-15-13-27)23-24-21(25)19-6-10-26(11-7-19)9-3-5-18-4-2-8-22-16-18/h2,4,8,16,19H,3,5-7,9-15,17H2,1H3. The molecule has 0 aliphatic carbocycles. The first-order valence-corrected chi connectivity index (χ1v) is 10.6. The van der Waals surface area contributed by atoms with Crippen LogP contribution in [0.4, 0.5) is 0 Å². The third-order valence-electron chi connectivity index (χ3n) is 6.08. The van der Waals surface area contributed by atoms with Gasteiger partial charge in [-0.15, -0.1) is 10.2 Å². The van der Waals surface area contributed by atoms with Gasteiger partial charge in [0.25, 0.3) is 0 Å². The molecule has 2 aliphatic heterocycles. The van der Waals surface area contributed by atoms with Crippen molar-refractivity contribution in [3.05, 3.63) is 41.7 Å². The second kappa shape index (κ2) is 9.58. The highest BCUT2D eigenvalue weighted by Gasteiger charge is 2.25. The normalized spacial score (nSPS) is 19.9. The monoisotopic (exact) mass is 384 g/mol. The summed E-state index contributed by atoms with van der Waals surface area (Å²) in [6, 6.07) is 4.19. The average Bonchev–Trinajstić information content (AvgIpc) is 3.10. The van der Waals surface area contributed by atoms with Gasteiger partial charge in [0.1, 0.15) is 11.6 Å². The smallest absolute Gasteiger partial charge is 0.146 e. The Balaban J connectivity index is 1.23. The van der Waals surface area contributed by atoms with Crippen molar-refractivity contribution in [2.75, 3.05) is 45.9 Å². The fourth-order valence-corrected chi connectivity index (χ4v) is 4.30. The van der Waals surface area contributed by atoms with Gasteiger partial charge in [-0.1, -0.05) is 6.07 Å². The van der Waals surface area contributed by atoms with Gasteiger partial charge in [-0.2, -0.15) is 0 Å². The van der Waals surface area contributed by atoms with E-state index in [2.05, 4.69) is 42.7 Å². The highest BCUT2D eigenvalue weighted by atomic mass is 16.5. The molecule has 4 rings (SSSR count). The lowest BCUT2D eigenvalue weighted by Gasteiger charge is -2.31. The molecular weight excluding hydrogens is 352 g/mol. The number of aryl methyl sites for hydroxylation is 1. The summed E-state index contributed by atoms with van der Waals surface area (Å²) in [4.78, 5) is 9.20. The van der Waals surface area contributed by atoms with Crippen LogP contribution in [0.25, 0.3) is 0 Å². The van der Waals surface area contributed by atoms with Crippen molar-refractivity contribution in [3.8, 4) is 0 Å². The first-order chi connectivity index (χ1) is 13.8. The molecule has 2 saturated heterocycles. The van der Waals surface area contributed by atoms with Gasteiger partial charge in [0.05, 0.1) is 19.8 Å². The third kappa shape index (κ3) is 4.96. The molecule has 7 nitrogen and oxygen atoms in total. The zero-order valence-corrected chi connectivity index (χ0v) is 17.0. The molecule has 4 heterocycles. The number of ether oxygens (including phenoxy) is 1. The molecule has 0 atom stereocenters. The number of likely N-dealkylation sites (tertiary alicyclic amines) is 1. The van der Waals surface area contributed by atoms with Crippen molar-refractivity contribution >= 4 is 0 Å². The van der Waals surface area contributed by atoms with E-state index in [4.69, 9.17) is 4.74 Å². The van der Waals surface area contributed by atoms with E-state index in [0.717, 1.165) is 58.2 Å². The maximum absolute atomic E-state index is 5.44. The van der Waals surface area contributed by atoms with E-state index in [0.29, 0.717) is 5.92 Å². The van der Waals surface area contributed by atoms with Crippen molar-refractivity contribution in [1.29, 1.82) is 0 Å². The van der Waals surface area contributed by atoms with Gasteiger partial charge < -0.3 is 14.2 Å². The Kier molecular flexibility index (Phi) is 6.67. The SMILES string of the molecule is Cn1c(CN2CCOCC2)nnc1C1CCN(CCCc2cccnc2)CC1.